The van der Waals surface area contributed by atoms with Gasteiger partial charge in [0.05, 0.1) is 17.9 Å². The summed E-state index contributed by atoms with van der Waals surface area (Å²) in [5.74, 6) is -1.36. The Balaban J connectivity index is 3.13. The Morgan fingerprint density at radius 1 is 1.56 bits per heavy atom. The standard InChI is InChI=1S/C11H14N2O5/c1-6-10(16)8(7(4-14)2-12-6)3-13-9(5-15)11(17)18/h2-3,9,14-16H,4-5H2,1H3,(H,17,18)/p+1/t9-/m0/s1. The van der Waals surface area contributed by atoms with Crippen molar-refractivity contribution in [1.82, 2.24) is 4.98 Å². The molecule has 0 spiro atoms. The average Bonchev–Trinajstić information content (AvgIpc) is 2.34. The first-order valence-corrected chi connectivity index (χ1v) is 5.22. The highest BCUT2D eigenvalue weighted by Gasteiger charge is 2.20. The second-order valence-electron chi connectivity index (χ2n) is 3.67. The second-order valence-corrected chi connectivity index (χ2v) is 3.67. The second kappa shape index (κ2) is 6.08. The highest BCUT2D eigenvalue weighted by Crippen LogP contribution is 2.20. The number of nitrogens with one attached hydrogen (secondary N) is 1. The summed E-state index contributed by atoms with van der Waals surface area (Å²) in [6.07, 6.45) is 2.63. The largest absolute Gasteiger partial charge is 0.505 e. The molecule has 1 aromatic heterocycles. The zero-order valence-electron chi connectivity index (χ0n) is 9.79. The minimum atomic E-state index is -1.22. The molecule has 0 aliphatic rings. The van der Waals surface area contributed by atoms with E-state index in [1.54, 1.807) is 6.92 Å². The molecule has 0 aliphatic heterocycles. The summed E-state index contributed by atoms with van der Waals surface area (Å²) in [6.45, 7) is 0.644. The van der Waals surface area contributed by atoms with Gasteiger partial charge in [-0.3, -0.25) is 4.98 Å². The van der Waals surface area contributed by atoms with Crippen molar-refractivity contribution in [3.8, 4) is 5.75 Å². The summed E-state index contributed by atoms with van der Waals surface area (Å²) < 4.78 is 0. The van der Waals surface area contributed by atoms with E-state index in [1.807, 2.05) is 0 Å². The van der Waals surface area contributed by atoms with Crippen LogP contribution in [0.25, 0.3) is 0 Å². The number of aliphatic hydroxyl groups excluding tert-OH is 2. The Morgan fingerprint density at radius 3 is 2.72 bits per heavy atom. The number of aromatic hydroxyl groups is 1. The van der Waals surface area contributed by atoms with Gasteiger partial charge in [0.25, 0.3) is 6.04 Å². The molecule has 7 nitrogen and oxygen atoms in total. The van der Waals surface area contributed by atoms with Gasteiger partial charge in [0.1, 0.15) is 12.4 Å². The number of aromatic nitrogens is 1. The molecule has 1 rings (SSSR count). The van der Waals surface area contributed by atoms with Gasteiger partial charge in [0.2, 0.25) is 0 Å². The Hall–Kier alpha value is -1.99. The molecule has 98 valence electrons. The van der Waals surface area contributed by atoms with E-state index in [9.17, 15) is 9.90 Å². The van der Waals surface area contributed by atoms with Gasteiger partial charge < -0.3 is 20.4 Å². The number of nitrogens with zero attached hydrogens (tertiary/aromatic N) is 1. The Labute approximate surface area is 103 Å². The molecule has 0 saturated carbocycles. The monoisotopic (exact) mass is 255 g/mol. The fraction of sp³-hybridized carbons (Fsp3) is 0.364. The van der Waals surface area contributed by atoms with Crippen LogP contribution >= 0.6 is 0 Å². The summed E-state index contributed by atoms with van der Waals surface area (Å²) in [6, 6.07) is -1.18. The van der Waals surface area contributed by atoms with Crippen LogP contribution in [0.4, 0.5) is 0 Å². The average molecular weight is 255 g/mol. The van der Waals surface area contributed by atoms with Crippen molar-refractivity contribution in [2.24, 2.45) is 0 Å². The predicted molar refractivity (Wildman–Crippen MR) is 61.2 cm³/mol. The van der Waals surface area contributed by atoms with Gasteiger partial charge in [-0.2, -0.15) is 0 Å². The molecule has 1 aromatic rings. The first-order valence-electron chi connectivity index (χ1n) is 5.22. The molecular formula is C11H15N2O5+. The van der Waals surface area contributed by atoms with E-state index in [4.69, 9.17) is 15.3 Å². The summed E-state index contributed by atoms with van der Waals surface area (Å²) in [4.78, 5) is 17.0. The number of hydrogen-bond donors (Lipinski definition) is 5. The highest BCUT2D eigenvalue weighted by molar-refractivity contribution is 5.82. The molecule has 0 aliphatic carbocycles. The van der Waals surface area contributed by atoms with Crippen LogP contribution in [0.3, 0.4) is 0 Å². The van der Waals surface area contributed by atoms with Crippen molar-refractivity contribution >= 4 is 12.2 Å². The molecule has 0 unspecified atom stereocenters. The number of carboxylic acid groups (broad SMARTS) is 1. The predicted octanol–water partition coefficient (Wildman–Crippen LogP) is -2.47. The van der Waals surface area contributed by atoms with Crippen molar-refractivity contribution in [1.29, 1.82) is 0 Å². The number of carbonyl (C=O) groups is 1. The lowest BCUT2D eigenvalue weighted by atomic mass is 10.1. The molecular weight excluding hydrogens is 240 g/mol. The number of pyridine rings is 1. The fourth-order valence-electron chi connectivity index (χ4n) is 1.33. The molecule has 5 N–H and O–H groups in total. The number of aryl methyl sites for hydroxylation is 1. The number of carboxylic acids is 1. The van der Waals surface area contributed by atoms with E-state index in [0.29, 0.717) is 11.3 Å². The van der Waals surface area contributed by atoms with Gasteiger partial charge in [-0.25, -0.2) is 9.79 Å². The van der Waals surface area contributed by atoms with E-state index in [2.05, 4.69) is 9.98 Å². The number of aliphatic hydroxyl groups is 2. The van der Waals surface area contributed by atoms with Crippen LogP contribution in [0.1, 0.15) is 16.8 Å². The van der Waals surface area contributed by atoms with Crippen LogP contribution in [-0.4, -0.2) is 50.2 Å². The van der Waals surface area contributed by atoms with Crippen molar-refractivity contribution < 1.29 is 30.2 Å². The van der Waals surface area contributed by atoms with Crippen LogP contribution < -0.4 is 4.99 Å². The smallest absolute Gasteiger partial charge is 0.375 e. The Kier molecular flexibility index (Phi) is 4.75. The molecule has 0 aromatic carbocycles. The van der Waals surface area contributed by atoms with Crippen molar-refractivity contribution in [2.45, 2.75) is 19.6 Å². The van der Waals surface area contributed by atoms with Crippen LogP contribution in [-0.2, 0) is 11.4 Å². The van der Waals surface area contributed by atoms with Gasteiger partial charge in [-0.15, -0.1) is 0 Å². The summed E-state index contributed by atoms with van der Waals surface area (Å²) in [5, 5.41) is 36.5. The quantitative estimate of drug-likeness (QED) is 0.371. The van der Waals surface area contributed by atoms with Gasteiger partial charge >= 0.3 is 5.97 Å². The molecule has 7 heteroatoms. The van der Waals surface area contributed by atoms with Gasteiger partial charge in [0.15, 0.2) is 6.21 Å². The SMILES string of the molecule is Cc1ncc(CO)c(C=[NH+][C@@H](CO)C(=O)O)c1O. The number of rotatable bonds is 5. The topological polar surface area (TPSA) is 125 Å². The lowest BCUT2D eigenvalue weighted by Crippen LogP contribution is -2.80. The fourth-order valence-corrected chi connectivity index (χ4v) is 1.33. The van der Waals surface area contributed by atoms with Gasteiger partial charge in [0, 0.05) is 11.8 Å². The van der Waals surface area contributed by atoms with E-state index in [-0.39, 0.29) is 17.9 Å². The molecule has 1 atom stereocenters. The number of aliphatic carboxylic acids is 1. The highest BCUT2D eigenvalue weighted by atomic mass is 16.4. The third kappa shape index (κ3) is 3.02. The molecule has 0 amide bonds. The normalized spacial score (nSPS) is 12.8. The van der Waals surface area contributed by atoms with Crippen molar-refractivity contribution in [2.75, 3.05) is 6.61 Å². The summed E-state index contributed by atoms with van der Waals surface area (Å²) in [5.41, 5.74) is 0.966. The molecule has 0 bridgehead atoms. The third-order valence-electron chi connectivity index (χ3n) is 2.44. The zero-order chi connectivity index (χ0) is 13.7. The van der Waals surface area contributed by atoms with Crippen LogP contribution in [0, 0.1) is 6.92 Å². The third-order valence-corrected chi connectivity index (χ3v) is 2.44. The van der Waals surface area contributed by atoms with E-state index in [0.717, 1.165) is 0 Å². The maximum atomic E-state index is 10.7. The Morgan fingerprint density at radius 2 is 2.22 bits per heavy atom. The van der Waals surface area contributed by atoms with E-state index in [1.165, 1.54) is 12.4 Å². The van der Waals surface area contributed by atoms with E-state index < -0.39 is 18.6 Å². The lowest BCUT2D eigenvalue weighted by molar-refractivity contribution is -0.488. The first kappa shape index (κ1) is 14.1. The molecule has 0 radical (unpaired) electrons. The van der Waals surface area contributed by atoms with E-state index >= 15 is 0 Å². The molecule has 18 heavy (non-hydrogen) atoms. The van der Waals surface area contributed by atoms with Gasteiger partial charge in [-0.05, 0) is 6.92 Å². The van der Waals surface area contributed by atoms with Crippen molar-refractivity contribution in [3.63, 3.8) is 0 Å². The zero-order valence-corrected chi connectivity index (χ0v) is 9.79. The number of hydrogen-bond acceptors (Lipinski definition) is 5. The van der Waals surface area contributed by atoms with Crippen LogP contribution in [0.5, 0.6) is 5.75 Å². The maximum absolute atomic E-state index is 10.7. The lowest BCUT2D eigenvalue weighted by Gasteiger charge is -2.05. The molecule has 1 heterocycles. The molecule has 0 fully saturated rings. The minimum Gasteiger partial charge on any atom is -0.505 e. The summed E-state index contributed by atoms with van der Waals surface area (Å²) in [7, 11) is 0. The first-order chi connectivity index (χ1) is 8.51. The molecule has 0 saturated heterocycles. The Bertz CT molecular complexity index is 473. The van der Waals surface area contributed by atoms with Gasteiger partial charge in [-0.1, -0.05) is 0 Å². The maximum Gasteiger partial charge on any atom is 0.375 e. The van der Waals surface area contributed by atoms with Crippen LogP contribution in [0.2, 0.25) is 0 Å². The van der Waals surface area contributed by atoms with Crippen LogP contribution in [0.15, 0.2) is 6.20 Å². The minimum absolute atomic E-state index is 0.142. The summed E-state index contributed by atoms with van der Waals surface area (Å²) >= 11 is 0. The van der Waals surface area contributed by atoms with Crippen molar-refractivity contribution in [3.05, 3.63) is 23.0 Å².